The standard InChI is InChI=1S/C22H30FNO5/c1-13(2)24(21(25)15-6-4-14(3)5-7-15)19-11-18(23)20(10-17(19)22(26)27)29-16-8-9-28-12-16/h10-11,13-16H,4-9,12H2,1-3H3,(H,26,27)/t14-,15-,16?. The van der Waals surface area contributed by atoms with Gasteiger partial charge in [-0.05, 0) is 51.5 Å². The average Bonchev–Trinajstić information content (AvgIpc) is 3.17. The van der Waals surface area contributed by atoms with E-state index in [0.29, 0.717) is 25.6 Å². The molecule has 29 heavy (non-hydrogen) atoms. The quantitative estimate of drug-likeness (QED) is 0.763. The lowest BCUT2D eigenvalue weighted by Gasteiger charge is -2.34. The zero-order valence-electron chi connectivity index (χ0n) is 17.3. The Morgan fingerprint density at radius 1 is 1.21 bits per heavy atom. The van der Waals surface area contributed by atoms with Crippen molar-refractivity contribution in [1.29, 1.82) is 0 Å². The molecule has 1 saturated heterocycles. The summed E-state index contributed by atoms with van der Waals surface area (Å²) in [7, 11) is 0. The fraction of sp³-hybridized carbons (Fsp3) is 0.636. The van der Waals surface area contributed by atoms with E-state index in [2.05, 4.69) is 6.92 Å². The lowest BCUT2D eigenvalue weighted by Crippen LogP contribution is -2.43. The normalized spacial score (nSPS) is 24.5. The Balaban J connectivity index is 1.93. The first kappa shape index (κ1) is 21.6. The lowest BCUT2D eigenvalue weighted by molar-refractivity contribution is -0.123. The number of benzene rings is 1. The van der Waals surface area contributed by atoms with Gasteiger partial charge in [-0.25, -0.2) is 9.18 Å². The zero-order valence-corrected chi connectivity index (χ0v) is 17.3. The summed E-state index contributed by atoms with van der Waals surface area (Å²) in [5, 5.41) is 9.76. The van der Waals surface area contributed by atoms with Crippen molar-refractivity contribution >= 4 is 17.6 Å². The predicted octanol–water partition coefficient (Wildman–Crippen LogP) is 4.26. The van der Waals surface area contributed by atoms with Gasteiger partial charge in [-0.1, -0.05) is 6.92 Å². The minimum Gasteiger partial charge on any atom is -0.485 e. The van der Waals surface area contributed by atoms with E-state index in [0.717, 1.165) is 31.7 Å². The summed E-state index contributed by atoms with van der Waals surface area (Å²) in [6, 6.07) is 2.02. The summed E-state index contributed by atoms with van der Waals surface area (Å²) in [6.07, 6.45) is 3.81. The van der Waals surface area contributed by atoms with Gasteiger partial charge in [0.05, 0.1) is 24.5 Å². The van der Waals surface area contributed by atoms with Crippen LogP contribution in [0.15, 0.2) is 12.1 Å². The molecule has 1 aliphatic heterocycles. The number of halogens is 1. The molecule has 0 spiro atoms. The number of hydrogen-bond donors (Lipinski definition) is 1. The van der Waals surface area contributed by atoms with E-state index >= 15 is 0 Å². The number of nitrogens with zero attached hydrogens (tertiary/aromatic N) is 1. The summed E-state index contributed by atoms with van der Waals surface area (Å²) < 4.78 is 25.7. The largest absolute Gasteiger partial charge is 0.485 e. The van der Waals surface area contributed by atoms with Gasteiger partial charge in [-0.2, -0.15) is 0 Å². The van der Waals surface area contributed by atoms with Crippen molar-refractivity contribution < 1.29 is 28.6 Å². The van der Waals surface area contributed by atoms with Crippen molar-refractivity contribution in [3.05, 3.63) is 23.5 Å². The second-order valence-electron chi connectivity index (χ2n) is 8.47. The number of amides is 1. The highest BCUT2D eigenvalue weighted by Crippen LogP contribution is 2.35. The van der Waals surface area contributed by atoms with Gasteiger partial charge >= 0.3 is 5.97 Å². The maximum Gasteiger partial charge on any atom is 0.337 e. The number of carbonyl (C=O) groups excluding carboxylic acids is 1. The van der Waals surface area contributed by atoms with Crippen LogP contribution in [0.3, 0.4) is 0 Å². The fourth-order valence-electron chi connectivity index (χ4n) is 4.14. The van der Waals surface area contributed by atoms with Crippen LogP contribution in [0.1, 0.15) is 63.2 Å². The number of rotatable bonds is 6. The van der Waals surface area contributed by atoms with Crippen LogP contribution in [-0.2, 0) is 9.53 Å². The molecular formula is C22H30FNO5. The Bertz CT molecular complexity index is 752. The molecule has 1 N–H and O–H groups in total. The van der Waals surface area contributed by atoms with Gasteiger partial charge in [-0.3, -0.25) is 4.79 Å². The highest BCUT2D eigenvalue weighted by Gasteiger charge is 2.33. The van der Waals surface area contributed by atoms with E-state index in [1.807, 2.05) is 13.8 Å². The van der Waals surface area contributed by atoms with Crippen molar-refractivity contribution in [1.82, 2.24) is 0 Å². The molecule has 0 aromatic heterocycles. The van der Waals surface area contributed by atoms with Crippen molar-refractivity contribution in [3.63, 3.8) is 0 Å². The average molecular weight is 407 g/mol. The third kappa shape index (κ3) is 4.89. The van der Waals surface area contributed by atoms with E-state index in [1.54, 1.807) is 0 Å². The van der Waals surface area contributed by atoms with Gasteiger partial charge in [-0.15, -0.1) is 0 Å². The molecule has 1 unspecified atom stereocenters. The molecule has 0 bridgehead atoms. The topological polar surface area (TPSA) is 76.1 Å². The summed E-state index contributed by atoms with van der Waals surface area (Å²) in [6.45, 7) is 6.68. The minimum absolute atomic E-state index is 0.0867. The van der Waals surface area contributed by atoms with Crippen molar-refractivity contribution in [2.24, 2.45) is 11.8 Å². The molecule has 1 atom stereocenters. The lowest BCUT2D eigenvalue weighted by atomic mass is 9.82. The summed E-state index contributed by atoms with van der Waals surface area (Å²) in [4.78, 5) is 26.7. The highest BCUT2D eigenvalue weighted by atomic mass is 19.1. The van der Waals surface area contributed by atoms with Crippen molar-refractivity contribution in [2.45, 2.75) is 65.0 Å². The van der Waals surface area contributed by atoms with Crippen LogP contribution in [0.4, 0.5) is 10.1 Å². The maximum atomic E-state index is 14.8. The molecule has 6 nitrogen and oxygen atoms in total. The van der Waals surface area contributed by atoms with E-state index in [4.69, 9.17) is 9.47 Å². The predicted molar refractivity (Wildman–Crippen MR) is 107 cm³/mol. The molecule has 2 aliphatic rings. The molecule has 0 radical (unpaired) electrons. The second-order valence-corrected chi connectivity index (χ2v) is 8.47. The SMILES string of the molecule is CC(C)N(c1cc(F)c(OC2CCOC2)cc1C(=O)O)C(=O)[C@H]1CC[C@H](C)CC1. The number of anilines is 1. The van der Waals surface area contributed by atoms with E-state index in [1.165, 1.54) is 11.0 Å². The molecule has 1 amide bonds. The summed E-state index contributed by atoms with van der Waals surface area (Å²) in [5.41, 5.74) is -0.0461. The first-order valence-corrected chi connectivity index (χ1v) is 10.4. The number of carboxylic acid groups (broad SMARTS) is 1. The van der Waals surface area contributed by atoms with Gasteiger partial charge < -0.3 is 19.5 Å². The van der Waals surface area contributed by atoms with Crippen LogP contribution in [-0.4, -0.2) is 42.3 Å². The Morgan fingerprint density at radius 3 is 2.45 bits per heavy atom. The Labute approximate surface area is 171 Å². The summed E-state index contributed by atoms with van der Waals surface area (Å²) in [5.74, 6) is -1.72. The van der Waals surface area contributed by atoms with Crippen LogP contribution in [0.25, 0.3) is 0 Å². The Hall–Kier alpha value is -2.15. The number of ether oxygens (including phenoxy) is 2. The Kier molecular flexibility index (Phi) is 6.77. The van der Waals surface area contributed by atoms with Crippen LogP contribution >= 0.6 is 0 Å². The second kappa shape index (κ2) is 9.11. The smallest absolute Gasteiger partial charge is 0.337 e. The number of carboxylic acids is 1. The van der Waals surface area contributed by atoms with Crippen LogP contribution in [0, 0.1) is 17.7 Å². The van der Waals surface area contributed by atoms with Gasteiger partial charge in [0.25, 0.3) is 0 Å². The highest BCUT2D eigenvalue weighted by molar-refractivity contribution is 6.03. The number of hydrogen-bond acceptors (Lipinski definition) is 4. The first-order chi connectivity index (χ1) is 13.8. The molecule has 7 heteroatoms. The Morgan fingerprint density at radius 2 is 1.90 bits per heavy atom. The molecule has 160 valence electrons. The first-order valence-electron chi connectivity index (χ1n) is 10.4. The molecule has 1 aliphatic carbocycles. The molecule has 1 heterocycles. The summed E-state index contributed by atoms with van der Waals surface area (Å²) >= 11 is 0. The van der Waals surface area contributed by atoms with Crippen LogP contribution in [0.2, 0.25) is 0 Å². The third-order valence-electron chi connectivity index (χ3n) is 5.84. The molecule has 1 saturated carbocycles. The van der Waals surface area contributed by atoms with Gasteiger partial charge in [0.15, 0.2) is 11.6 Å². The van der Waals surface area contributed by atoms with Gasteiger partial charge in [0.2, 0.25) is 5.91 Å². The van der Waals surface area contributed by atoms with Crippen molar-refractivity contribution in [2.75, 3.05) is 18.1 Å². The molecule has 2 fully saturated rings. The maximum absolute atomic E-state index is 14.8. The molecular weight excluding hydrogens is 377 g/mol. The van der Waals surface area contributed by atoms with E-state index in [9.17, 15) is 19.1 Å². The van der Waals surface area contributed by atoms with Crippen LogP contribution < -0.4 is 9.64 Å². The monoisotopic (exact) mass is 407 g/mol. The fourth-order valence-corrected chi connectivity index (χ4v) is 4.14. The van der Waals surface area contributed by atoms with Gasteiger partial charge in [0.1, 0.15) is 6.10 Å². The molecule has 3 rings (SSSR count). The molecule has 1 aromatic carbocycles. The number of carbonyl (C=O) groups is 2. The number of aromatic carboxylic acids is 1. The van der Waals surface area contributed by atoms with Gasteiger partial charge in [0, 0.05) is 24.4 Å². The van der Waals surface area contributed by atoms with E-state index in [-0.39, 0.29) is 41.0 Å². The molecule has 1 aromatic rings. The van der Waals surface area contributed by atoms with Crippen LogP contribution in [0.5, 0.6) is 5.75 Å². The third-order valence-corrected chi connectivity index (χ3v) is 5.84. The zero-order chi connectivity index (χ0) is 21.1. The van der Waals surface area contributed by atoms with E-state index < -0.39 is 11.8 Å². The minimum atomic E-state index is -1.22. The van der Waals surface area contributed by atoms with Crippen molar-refractivity contribution in [3.8, 4) is 5.75 Å².